The van der Waals surface area contributed by atoms with Gasteiger partial charge in [0.15, 0.2) is 0 Å². The van der Waals surface area contributed by atoms with Crippen LogP contribution in [0.15, 0.2) is 36.4 Å². The Hall–Kier alpha value is -2.57. The Morgan fingerprint density at radius 1 is 1.14 bits per heavy atom. The summed E-state index contributed by atoms with van der Waals surface area (Å²) in [5.74, 6) is 0.889. The second-order valence-corrected chi connectivity index (χ2v) is 8.06. The van der Waals surface area contributed by atoms with E-state index < -0.39 is 0 Å². The van der Waals surface area contributed by atoms with Crippen molar-refractivity contribution in [2.24, 2.45) is 7.05 Å². The van der Waals surface area contributed by atoms with Crippen molar-refractivity contribution < 1.29 is 4.74 Å². The second kappa shape index (κ2) is 7.69. The molecule has 3 heterocycles. The SMILES string of the molecule is CNC1CCc2c(c3ccc(Nc4cccc(N5CCOCC5)c4)nc3n2C)C1. The van der Waals surface area contributed by atoms with Crippen LogP contribution >= 0.6 is 0 Å². The van der Waals surface area contributed by atoms with Gasteiger partial charge < -0.3 is 24.8 Å². The lowest BCUT2D eigenvalue weighted by atomic mass is 9.92. The quantitative estimate of drug-likeness (QED) is 0.715. The zero-order valence-corrected chi connectivity index (χ0v) is 17.2. The van der Waals surface area contributed by atoms with Crippen LogP contribution in [0.25, 0.3) is 11.0 Å². The Bertz CT molecular complexity index is 1020. The molecule has 2 aromatic heterocycles. The van der Waals surface area contributed by atoms with Crippen molar-refractivity contribution >= 4 is 28.2 Å². The van der Waals surface area contributed by atoms with Gasteiger partial charge in [-0.1, -0.05) is 6.07 Å². The van der Waals surface area contributed by atoms with E-state index in [4.69, 9.17) is 9.72 Å². The Kier molecular flexibility index (Phi) is 4.89. The number of aryl methyl sites for hydroxylation is 1. The molecule has 1 aliphatic carbocycles. The minimum Gasteiger partial charge on any atom is -0.378 e. The van der Waals surface area contributed by atoms with Crippen molar-refractivity contribution in [2.75, 3.05) is 43.6 Å². The van der Waals surface area contributed by atoms with Crippen molar-refractivity contribution in [3.8, 4) is 0 Å². The first-order valence-corrected chi connectivity index (χ1v) is 10.6. The summed E-state index contributed by atoms with van der Waals surface area (Å²) < 4.78 is 7.76. The van der Waals surface area contributed by atoms with Crippen molar-refractivity contribution in [1.82, 2.24) is 14.9 Å². The van der Waals surface area contributed by atoms with Gasteiger partial charge in [-0.15, -0.1) is 0 Å². The second-order valence-electron chi connectivity index (χ2n) is 8.06. The predicted molar refractivity (Wildman–Crippen MR) is 118 cm³/mol. The van der Waals surface area contributed by atoms with E-state index in [1.54, 1.807) is 0 Å². The standard InChI is InChI=1S/C23H29N5O/c1-24-16-6-8-21-20(15-16)19-7-9-22(26-23(19)27(21)2)25-17-4-3-5-18(14-17)28-10-12-29-13-11-28/h3-5,7,9,14,16,24H,6,8,10-13,15H2,1-2H3,(H,25,26). The number of anilines is 3. The van der Waals surface area contributed by atoms with Crippen LogP contribution in [-0.2, 0) is 24.6 Å². The fourth-order valence-electron chi connectivity index (χ4n) is 4.70. The number of hydrogen-bond donors (Lipinski definition) is 2. The maximum absolute atomic E-state index is 5.47. The van der Waals surface area contributed by atoms with Crippen LogP contribution in [-0.4, -0.2) is 48.9 Å². The van der Waals surface area contributed by atoms with Gasteiger partial charge in [0.05, 0.1) is 13.2 Å². The molecule has 6 nitrogen and oxygen atoms in total. The Morgan fingerprint density at radius 3 is 2.83 bits per heavy atom. The van der Waals surface area contributed by atoms with Crippen molar-refractivity contribution in [3.63, 3.8) is 0 Å². The summed E-state index contributed by atoms with van der Waals surface area (Å²) in [4.78, 5) is 7.34. The first-order chi connectivity index (χ1) is 14.2. The van der Waals surface area contributed by atoms with Crippen molar-refractivity contribution in [1.29, 1.82) is 0 Å². The molecular formula is C23H29N5O. The molecule has 1 fully saturated rings. The average molecular weight is 392 g/mol. The fraction of sp³-hybridized carbons (Fsp3) is 0.435. The van der Waals surface area contributed by atoms with E-state index in [-0.39, 0.29) is 0 Å². The zero-order chi connectivity index (χ0) is 19.8. The molecule has 0 bridgehead atoms. The van der Waals surface area contributed by atoms with Crippen LogP contribution in [0.2, 0.25) is 0 Å². The third kappa shape index (κ3) is 3.47. The lowest BCUT2D eigenvalue weighted by Crippen LogP contribution is -2.36. The lowest BCUT2D eigenvalue weighted by molar-refractivity contribution is 0.122. The highest BCUT2D eigenvalue weighted by Gasteiger charge is 2.24. The molecule has 0 amide bonds. The highest BCUT2D eigenvalue weighted by atomic mass is 16.5. The van der Waals surface area contributed by atoms with Gasteiger partial charge >= 0.3 is 0 Å². The maximum Gasteiger partial charge on any atom is 0.142 e. The molecule has 3 aromatic rings. The summed E-state index contributed by atoms with van der Waals surface area (Å²) in [6.07, 6.45) is 3.38. The predicted octanol–water partition coefficient (Wildman–Crippen LogP) is 3.23. The molecule has 0 spiro atoms. The summed E-state index contributed by atoms with van der Waals surface area (Å²) in [5, 5.41) is 8.24. The van der Waals surface area contributed by atoms with E-state index in [9.17, 15) is 0 Å². The summed E-state index contributed by atoms with van der Waals surface area (Å²) in [5.41, 5.74) is 6.26. The molecule has 1 aliphatic heterocycles. The van der Waals surface area contributed by atoms with E-state index in [1.807, 2.05) is 0 Å². The molecule has 2 N–H and O–H groups in total. The van der Waals surface area contributed by atoms with Gasteiger partial charge in [-0.05, 0) is 62.2 Å². The number of likely N-dealkylation sites (N-methyl/N-ethyl adjacent to an activating group) is 1. The third-order valence-electron chi connectivity index (χ3n) is 6.35. The highest BCUT2D eigenvalue weighted by Crippen LogP contribution is 2.32. The molecule has 0 saturated carbocycles. The van der Waals surface area contributed by atoms with Crippen LogP contribution < -0.4 is 15.5 Å². The van der Waals surface area contributed by atoms with E-state index in [0.717, 1.165) is 56.3 Å². The molecule has 2 aliphatic rings. The molecule has 1 unspecified atom stereocenters. The Morgan fingerprint density at radius 2 is 2.00 bits per heavy atom. The summed E-state index contributed by atoms with van der Waals surface area (Å²) >= 11 is 0. The number of hydrogen-bond acceptors (Lipinski definition) is 5. The first kappa shape index (κ1) is 18.5. The van der Waals surface area contributed by atoms with Crippen molar-refractivity contribution in [3.05, 3.63) is 47.7 Å². The molecule has 152 valence electrons. The van der Waals surface area contributed by atoms with Crippen LogP contribution in [0, 0.1) is 0 Å². The van der Waals surface area contributed by atoms with Crippen LogP contribution in [0.1, 0.15) is 17.7 Å². The molecule has 5 rings (SSSR count). The smallest absolute Gasteiger partial charge is 0.142 e. The Balaban J connectivity index is 1.42. The highest BCUT2D eigenvalue weighted by molar-refractivity contribution is 5.84. The van der Waals surface area contributed by atoms with E-state index in [1.165, 1.54) is 28.8 Å². The molecule has 29 heavy (non-hydrogen) atoms. The van der Waals surface area contributed by atoms with E-state index in [2.05, 4.69) is 70.6 Å². The van der Waals surface area contributed by atoms with Gasteiger partial charge in [0, 0.05) is 48.6 Å². The monoisotopic (exact) mass is 391 g/mol. The van der Waals surface area contributed by atoms with Gasteiger partial charge in [0.2, 0.25) is 0 Å². The number of aromatic nitrogens is 2. The van der Waals surface area contributed by atoms with Gasteiger partial charge in [0.25, 0.3) is 0 Å². The third-order valence-corrected chi connectivity index (χ3v) is 6.35. The minimum atomic E-state index is 0.564. The van der Waals surface area contributed by atoms with Gasteiger partial charge in [-0.2, -0.15) is 0 Å². The molecular weight excluding hydrogens is 362 g/mol. The van der Waals surface area contributed by atoms with Crippen LogP contribution in [0.4, 0.5) is 17.2 Å². The number of nitrogens with zero attached hydrogens (tertiary/aromatic N) is 3. The maximum atomic E-state index is 5.47. The van der Waals surface area contributed by atoms with E-state index in [0.29, 0.717) is 6.04 Å². The first-order valence-electron chi connectivity index (χ1n) is 10.6. The number of pyridine rings is 1. The number of benzene rings is 1. The summed E-state index contributed by atoms with van der Waals surface area (Å²) in [6, 6.07) is 13.5. The van der Waals surface area contributed by atoms with E-state index >= 15 is 0 Å². The Labute approximate surface area is 171 Å². The fourth-order valence-corrected chi connectivity index (χ4v) is 4.70. The molecule has 1 aromatic carbocycles. The number of nitrogens with one attached hydrogen (secondary N) is 2. The zero-order valence-electron chi connectivity index (χ0n) is 17.2. The average Bonchev–Trinajstić information content (AvgIpc) is 3.05. The lowest BCUT2D eigenvalue weighted by Gasteiger charge is -2.29. The number of fused-ring (bicyclic) bond motifs is 3. The summed E-state index contributed by atoms with van der Waals surface area (Å²) in [6.45, 7) is 3.47. The summed E-state index contributed by atoms with van der Waals surface area (Å²) in [7, 11) is 4.21. The van der Waals surface area contributed by atoms with Crippen molar-refractivity contribution in [2.45, 2.75) is 25.3 Å². The minimum absolute atomic E-state index is 0.564. The van der Waals surface area contributed by atoms with Gasteiger partial charge in [0.1, 0.15) is 11.5 Å². The number of morpholine rings is 1. The topological polar surface area (TPSA) is 54.4 Å². The molecule has 6 heteroatoms. The van der Waals surface area contributed by atoms with Crippen LogP contribution in [0.3, 0.4) is 0 Å². The molecule has 1 atom stereocenters. The molecule has 0 radical (unpaired) electrons. The van der Waals surface area contributed by atoms with Gasteiger partial charge in [-0.25, -0.2) is 4.98 Å². The van der Waals surface area contributed by atoms with Crippen LogP contribution in [0.5, 0.6) is 0 Å². The largest absolute Gasteiger partial charge is 0.378 e. The molecule has 1 saturated heterocycles. The number of ether oxygens (including phenoxy) is 1. The van der Waals surface area contributed by atoms with Gasteiger partial charge in [-0.3, -0.25) is 0 Å². The number of rotatable bonds is 4. The normalized spacial score (nSPS) is 19.4.